The first kappa shape index (κ1) is 18.3. The maximum absolute atomic E-state index is 12.5. The van der Waals surface area contributed by atoms with E-state index in [2.05, 4.69) is 5.32 Å². The van der Waals surface area contributed by atoms with E-state index in [9.17, 15) is 14.7 Å². The van der Waals surface area contributed by atoms with Crippen LogP contribution in [0.2, 0.25) is 0 Å². The Morgan fingerprint density at radius 2 is 1.79 bits per heavy atom. The van der Waals surface area contributed by atoms with Gasteiger partial charge < -0.3 is 15.2 Å². The second-order valence-corrected chi connectivity index (χ2v) is 7.03. The Morgan fingerprint density at radius 1 is 1.21 bits per heavy atom. The second-order valence-electron chi connectivity index (χ2n) is 7.03. The lowest BCUT2D eigenvalue weighted by Gasteiger charge is -2.27. The number of methoxy groups -OCH3 is 1. The number of carbonyl (C=O) groups is 2. The lowest BCUT2D eigenvalue weighted by Crippen LogP contribution is -2.38. The standard InChI is InChI=1S/C19H27NO4/c1-13(2)17(14-6-8-15(24-3)9-7-14)20-16(21)12-19(18(22)23)10-4-5-11-19/h6-9,13,17H,4-5,10-12H2,1-3H3,(H,20,21)(H,22,23). The highest BCUT2D eigenvalue weighted by Crippen LogP contribution is 2.41. The number of hydrogen-bond donors (Lipinski definition) is 2. The number of aliphatic carboxylic acids is 1. The molecule has 0 saturated heterocycles. The van der Waals surface area contributed by atoms with Crippen molar-refractivity contribution in [2.24, 2.45) is 11.3 Å². The highest BCUT2D eigenvalue weighted by molar-refractivity contribution is 5.85. The lowest BCUT2D eigenvalue weighted by molar-refractivity contribution is -0.151. The Kier molecular flexibility index (Phi) is 5.86. The molecule has 5 nitrogen and oxygen atoms in total. The van der Waals surface area contributed by atoms with Crippen LogP contribution < -0.4 is 10.1 Å². The normalized spacial score (nSPS) is 17.5. The molecule has 0 aliphatic heterocycles. The van der Waals surface area contributed by atoms with Crippen LogP contribution in [0.5, 0.6) is 5.75 Å². The highest BCUT2D eigenvalue weighted by atomic mass is 16.5. The Balaban J connectivity index is 2.09. The number of carbonyl (C=O) groups excluding carboxylic acids is 1. The molecule has 2 N–H and O–H groups in total. The molecular weight excluding hydrogens is 306 g/mol. The minimum absolute atomic E-state index is 0.0573. The summed E-state index contributed by atoms with van der Waals surface area (Å²) in [6, 6.07) is 7.47. The maximum Gasteiger partial charge on any atom is 0.310 e. The molecule has 1 aliphatic carbocycles. The summed E-state index contributed by atoms with van der Waals surface area (Å²) in [7, 11) is 1.61. The number of carboxylic acid groups (broad SMARTS) is 1. The van der Waals surface area contributed by atoms with E-state index in [-0.39, 0.29) is 24.3 Å². The van der Waals surface area contributed by atoms with Crippen LogP contribution in [0.1, 0.15) is 57.6 Å². The first-order valence-corrected chi connectivity index (χ1v) is 8.55. The molecule has 1 aliphatic rings. The highest BCUT2D eigenvalue weighted by Gasteiger charge is 2.43. The van der Waals surface area contributed by atoms with E-state index < -0.39 is 11.4 Å². The summed E-state index contributed by atoms with van der Waals surface area (Å²) in [5, 5.41) is 12.6. The van der Waals surface area contributed by atoms with Crippen molar-refractivity contribution in [1.82, 2.24) is 5.32 Å². The van der Waals surface area contributed by atoms with E-state index in [0.29, 0.717) is 12.8 Å². The fourth-order valence-electron chi connectivity index (χ4n) is 3.50. The predicted octanol–water partition coefficient (Wildman–Crippen LogP) is 3.54. The third-order valence-electron chi connectivity index (χ3n) is 4.97. The lowest BCUT2D eigenvalue weighted by atomic mass is 9.82. The molecular formula is C19H27NO4. The maximum atomic E-state index is 12.5. The van der Waals surface area contributed by atoms with Gasteiger partial charge in [-0.05, 0) is 36.5 Å². The number of benzene rings is 1. The molecule has 1 aromatic carbocycles. The average molecular weight is 333 g/mol. The van der Waals surface area contributed by atoms with Crippen molar-refractivity contribution < 1.29 is 19.4 Å². The molecule has 0 radical (unpaired) electrons. The number of hydrogen-bond acceptors (Lipinski definition) is 3. The third-order valence-corrected chi connectivity index (χ3v) is 4.97. The van der Waals surface area contributed by atoms with E-state index >= 15 is 0 Å². The van der Waals surface area contributed by atoms with Crippen LogP contribution in [-0.4, -0.2) is 24.1 Å². The van der Waals surface area contributed by atoms with Crippen molar-refractivity contribution in [2.75, 3.05) is 7.11 Å². The summed E-state index contributed by atoms with van der Waals surface area (Å²) in [6.07, 6.45) is 2.99. The first-order chi connectivity index (χ1) is 11.4. The van der Waals surface area contributed by atoms with Crippen molar-refractivity contribution in [3.8, 4) is 5.75 Å². The smallest absolute Gasteiger partial charge is 0.310 e. The fourth-order valence-corrected chi connectivity index (χ4v) is 3.50. The first-order valence-electron chi connectivity index (χ1n) is 8.55. The van der Waals surface area contributed by atoms with E-state index in [1.807, 2.05) is 38.1 Å². The number of nitrogens with one attached hydrogen (secondary N) is 1. The average Bonchev–Trinajstić information content (AvgIpc) is 3.02. The largest absolute Gasteiger partial charge is 0.497 e. The molecule has 1 atom stereocenters. The van der Waals surface area contributed by atoms with Gasteiger partial charge in [-0.1, -0.05) is 38.8 Å². The van der Waals surface area contributed by atoms with Crippen LogP contribution in [-0.2, 0) is 9.59 Å². The zero-order valence-corrected chi connectivity index (χ0v) is 14.7. The van der Waals surface area contributed by atoms with Crippen LogP contribution in [0, 0.1) is 11.3 Å². The Bertz CT molecular complexity index is 574. The van der Waals surface area contributed by atoms with Crippen LogP contribution >= 0.6 is 0 Å². The van der Waals surface area contributed by atoms with Crippen molar-refractivity contribution in [3.05, 3.63) is 29.8 Å². The molecule has 1 aromatic rings. The van der Waals surface area contributed by atoms with Gasteiger partial charge >= 0.3 is 5.97 Å². The van der Waals surface area contributed by atoms with Gasteiger partial charge in [-0.3, -0.25) is 9.59 Å². The van der Waals surface area contributed by atoms with E-state index in [0.717, 1.165) is 24.2 Å². The SMILES string of the molecule is COc1ccc(C(NC(=O)CC2(C(=O)O)CCCC2)C(C)C)cc1. The Hall–Kier alpha value is -2.04. The summed E-state index contributed by atoms with van der Waals surface area (Å²) in [5.41, 5.74) is 0.112. The van der Waals surface area contributed by atoms with Gasteiger partial charge in [0.05, 0.1) is 18.6 Å². The van der Waals surface area contributed by atoms with Crippen molar-refractivity contribution in [1.29, 1.82) is 0 Å². The molecule has 132 valence electrons. The molecule has 1 amide bonds. The molecule has 24 heavy (non-hydrogen) atoms. The Morgan fingerprint density at radius 3 is 2.25 bits per heavy atom. The monoisotopic (exact) mass is 333 g/mol. The van der Waals surface area contributed by atoms with Crippen LogP contribution in [0.4, 0.5) is 0 Å². The van der Waals surface area contributed by atoms with Crippen molar-refractivity contribution in [2.45, 2.75) is 52.0 Å². The van der Waals surface area contributed by atoms with Crippen molar-refractivity contribution in [3.63, 3.8) is 0 Å². The summed E-state index contributed by atoms with van der Waals surface area (Å²) in [4.78, 5) is 24.1. The zero-order chi connectivity index (χ0) is 17.7. The number of amides is 1. The topological polar surface area (TPSA) is 75.6 Å². The summed E-state index contributed by atoms with van der Waals surface area (Å²) in [5.74, 6) is -0.0652. The minimum atomic E-state index is -0.883. The summed E-state index contributed by atoms with van der Waals surface area (Å²) in [6.45, 7) is 4.08. The fraction of sp³-hybridized carbons (Fsp3) is 0.579. The molecule has 0 heterocycles. The van der Waals surface area contributed by atoms with E-state index in [4.69, 9.17) is 4.74 Å². The predicted molar refractivity (Wildman–Crippen MR) is 91.9 cm³/mol. The van der Waals surface area contributed by atoms with E-state index in [1.165, 1.54) is 0 Å². The third kappa shape index (κ3) is 4.08. The minimum Gasteiger partial charge on any atom is -0.497 e. The number of rotatable bonds is 7. The molecule has 5 heteroatoms. The number of carboxylic acids is 1. The quantitative estimate of drug-likeness (QED) is 0.800. The van der Waals surface area contributed by atoms with E-state index in [1.54, 1.807) is 7.11 Å². The van der Waals surface area contributed by atoms with Gasteiger partial charge in [-0.2, -0.15) is 0 Å². The zero-order valence-electron chi connectivity index (χ0n) is 14.7. The molecule has 0 aromatic heterocycles. The number of ether oxygens (including phenoxy) is 1. The van der Waals surface area contributed by atoms with Gasteiger partial charge in [0.25, 0.3) is 0 Å². The molecule has 1 unspecified atom stereocenters. The molecule has 1 fully saturated rings. The van der Waals surface area contributed by atoms with Crippen LogP contribution in [0.25, 0.3) is 0 Å². The van der Waals surface area contributed by atoms with Crippen LogP contribution in [0.3, 0.4) is 0 Å². The van der Waals surface area contributed by atoms with Gasteiger partial charge in [0.15, 0.2) is 0 Å². The van der Waals surface area contributed by atoms with Gasteiger partial charge in [0, 0.05) is 6.42 Å². The van der Waals surface area contributed by atoms with Crippen molar-refractivity contribution >= 4 is 11.9 Å². The molecule has 1 saturated carbocycles. The Labute approximate surface area is 143 Å². The van der Waals surface area contributed by atoms with Gasteiger partial charge in [-0.25, -0.2) is 0 Å². The molecule has 2 rings (SSSR count). The summed E-state index contributed by atoms with van der Waals surface area (Å²) < 4.78 is 5.17. The summed E-state index contributed by atoms with van der Waals surface area (Å²) >= 11 is 0. The second kappa shape index (κ2) is 7.69. The molecule has 0 bridgehead atoms. The van der Waals surface area contributed by atoms with Gasteiger partial charge in [-0.15, -0.1) is 0 Å². The van der Waals surface area contributed by atoms with Gasteiger partial charge in [0.2, 0.25) is 5.91 Å². The molecule has 0 spiro atoms. The van der Waals surface area contributed by atoms with Crippen LogP contribution in [0.15, 0.2) is 24.3 Å². The van der Waals surface area contributed by atoms with Gasteiger partial charge in [0.1, 0.15) is 5.75 Å².